The maximum absolute atomic E-state index is 13.2. The number of aromatic amines is 1. The maximum Gasteiger partial charge on any atom is 0.256 e. The molecule has 4 heterocycles. The molecule has 0 aliphatic carbocycles. The monoisotopic (exact) mass is 524 g/mol. The number of aryl methyl sites for hydroxylation is 2. The Hall–Kier alpha value is -4.01. The average Bonchev–Trinajstić information content (AvgIpc) is 3.61. The second-order valence-corrected chi connectivity index (χ2v) is 10.6. The van der Waals surface area contributed by atoms with Gasteiger partial charge in [0.25, 0.3) is 11.8 Å². The smallest absolute Gasteiger partial charge is 0.256 e. The molecule has 0 bridgehead atoms. The number of ether oxygens (including phenoxy) is 1. The molecule has 192 valence electrons. The van der Waals surface area contributed by atoms with Crippen molar-refractivity contribution in [3.8, 4) is 21.8 Å². The minimum atomic E-state index is -0.163. The fourth-order valence-corrected chi connectivity index (χ4v) is 5.87. The summed E-state index contributed by atoms with van der Waals surface area (Å²) in [5, 5.41) is 5.98. The van der Waals surface area contributed by atoms with Gasteiger partial charge in [-0.15, -0.1) is 11.3 Å². The van der Waals surface area contributed by atoms with E-state index in [4.69, 9.17) is 9.72 Å². The van der Waals surface area contributed by atoms with E-state index in [1.54, 1.807) is 11.3 Å². The molecule has 2 N–H and O–H groups in total. The molecule has 0 atom stereocenters. The van der Waals surface area contributed by atoms with Gasteiger partial charge in [0.2, 0.25) is 0 Å². The van der Waals surface area contributed by atoms with Crippen LogP contribution in [0.5, 0.6) is 0 Å². The van der Waals surface area contributed by atoms with Gasteiger partial charge in [0.05, 0.1) is 30.0 Å². The zero-order valence-corrected chi connectivity index (χ0v) is 22.4. The van der Waals surface area contributed by atoms with Crippen LogP contribution in [0.15, 0.2) is 47.8 Å². The highest BCUT2D eigenvalue weighted by molar-refractivity contribution is 7.13. The number of nitrogens with zero attached hydrogens (tertiary/aromatic N) is 2. The minimum absolute atomic E-state index is 0.00401. The van der Waals surface area contributed by atoms with Gasteiger partial charge in [0.15, 0.2) is 0 Å². The Morgan fingerprint density at radius 2 is 1.79 bits per heavy atom. The van der Waals surface area contributed by atoms with Crippen molar-refractivity contribution in [2.24, 2.45) is 0 Å². The van der Waals surface area contributed by atoms with Crippen LogP contribution in [0.25, 0.3) is 33.5 Å². The maximum atomic E-state index is 13.2. The van der Waals surface area contributed by atoms with E-state index in [0.29, 0.717) is 37.4 Å². The molecule has 2 aliphatic rings. The van der Waals surface area contributed by atoms with E-state index in [1.807, 2.05) is 48.4 Å². The molecule has 2 aromatic heterocycles. The first-order valence-corrected chi connectivity index (χ1v) is 13.5. The first-order chi connectivity index (χ1) is 18.4. The van der Waals surface area contributed by atoms with Crippen LogP contribution in [0, 0.1) is 20.8 Å². The van der Waals surface area contributed by atoms with Crippen molar-refractivity contribution in [3.05, 3.63) is 81.5 Å². The van der Waals surface area contributed by atoms with Crippen LogP contribution in [0.2, 0.25) is 0 Å². The quantitative estimate of drug-likeness (QED) is 0.336. The Balaban J connectivity index is 1.33. The summed E-state index contributed by atoms with van der Waals surface area (Å²) in [4.78, 5) is 36.2. The summed E-state index contributed by atoms with van der Waals surface area (Å²) in [6, 6.07) is 14.3. The normalized spacial score (nSPS) is 16.1. The van der Waals surface area contributed by atoms with Crippen molar-refractivity contribution in [2.45, 2.75) is 20.8 Å². The number of aromatic nitrogens is 2. The first-order valence-electron chi connectivity index (χ1n) is 12.7. The van der Waals surface area contributed by atoms with Gasteiger partial charge in [-0.05, 0) is 44.5 Å². The Morgan fingerprint density at radius 3 is 2.55 bits per heavy atom. The number of H-pyrrole nitrogens is 1. The largest absolute Gasteiger partial charge is 0.378 e. The predicted molar refractivity (Wildman–Crippen MR) is 151 cm³/mol. The van der Waals surface area contributed by atoms with E-state index < -0.39 is 0 Å². The fourth-order valence-electron chi connectivity index (χ4n) is 5.03. The number of hydrogen-bond acceptors (Lipinski definition) is 5. The van der Waals surface area contributed by atoms with Gasteiger partial charge in [-0.1, -0.05) is 35.9 Å². The van der Waals surface area contributed by atoms with Crippen LogP contribution >= 0.6 is 11.3 Å². The molecule has 38 heavy (non-hydrogen) atoms. The fraction of sp³-hybridized carbons (Fsp3) is 0.233. The number of carbonyl (C=O) groups is 2. The van der Waals surface area contributed by atoms with E-state index in [-0.39, 0.29) is 11.8 Å². The SMILES string of the molecule is Cc1ccc(-c2nc(-c3ccc4c(c3)C(=Cc3[nH]c(C)c(C(=O)N5CCOCC5)c3C)C(=O)N4)cs2)cc1. The topological polar surface area (TPSA) is 87.3 Å². The van der Waals surface area contributed by atoms with Crippen LogP contribution in [0.4, 0.5) is 5.69 Å². The van der Waals surface area contributed by atoms with Crippen molar-refractivity contribution in [2.75, 3.05) is 31.6 Å². The number of fused-ring (bicyclic) bond motifs is 1. The number of anilines is 1. The lowest BCUT2D eigenvalue weighted by atomic mass is 10.0. The second-order valence-electron chi connectivity index (χ2n) is 9.74. The van der Waals surface area contributed by atoms with Gasteiger partial charge in [0.1, 0.15) is 5.01 Å². The van der Waals surface area contributed by atoms with E-state index in [9.17, 15) is 9.59 Å². The van der Waals surface area contributed by atoms with E-state index >= 15 is 0 Å². The number of amides is 2. The van der Waals surface area contributed by atoms with Crippen molar-refractivity contribution in [3.63, 3.8) is 0 Å². The zero-order chi connectivity index (χ0) is 26.4. The van der Waals surface area contributed by atoms with Crippen LogP contribution < -0.4 is 5.32 Å². The van der Waals surface area contributed by atoms with Crippen molar-refractivity contribution < 1.29 is 14.3 Å². The molecular formula is C30H28N4O3S. The number of benzene rings is 2. The Labute approximate surface area is 225 Å². The molecule has 0 unspecified atom stereocenters. The number of hydrogen-bond donors (Lipinski definition) is 2. The van der Waals surface area contributed by atoms with Gasteiger partial charge in [0, 0.05) is 52.2 Å². The van der Waals surface area contributed by atoms with Crippen LogP contribution in [0.1, 0.15) is 38.4 Å². The number of nitrogens with one attached hydrogen (secondary N) is 2. The number of rotatable bonds is 4. The summed E-state index contributed by atoms with van der Waals surface area (Å²) < 4.78 is 5.40. The van der Waals surface area contributed by atoms with Crippen molar-refractivity contribution in [1.29, 1.82) is 0 Å². The summed E-state index contributed by atoms with van der Waals surface area (Å²) in [7, 11) is 0. The van der Waals surface area contributed by atoms with Crippen molar-refractivity contribution >= 4 is 40.5 Å². The summed E-state index contributed by atoms with van der Waals surface area (Å²) in [5.74, 6) is -0.167. The molecule has 7 nitrogen and oxygen atoms in total. The molecule has 4 aromatic rings. The molecule has 1 fully saturated rings. The van der Waals surface area contributed by atoms with E-state index in [1.165, 1.54) is 5.56 Å². The zero-order valence-electron chi connectivity index (χ0n) is 21.6. The second kappa shape index (κ2) is 9.70. The first kappa shape index (κ1) is 24.3. The van der Waals surface area contributed by atoms with Gasteiger partial charge in [-0.25, -0.2) is 4.98 Å². The average molecular weight is 525 g/mol. The highest BCUT2D eigenvalue weighted by Crippen LogP contribution is 2.38. The van der Waals surface area contributed by atoms with Crippen molar-refractivity contribution in [1.82, 2.24) is 14.9 Å². The number of morpholine rings is 1. The molecule has 1 saturated heterocycles. The predicted octanol–water partition coefficient (Wildman–Crippen LogP) is 5.70. The molecule has 0 spiro atoms. The Morgan fingerprint density at radius 1 is 1.05 bits per heavy atom. The number of carbonyl (C=O) groups excluding carboxylic acids is 2. The molecule has 2 amide bonds. The molecule has 2 aliphatic heterocycles. The molecule has 2 aromatic carbocycles. The van der Waals surface area contributed by atoms with E-state index in [2.05, 4.69) is 41.5 Å². The third kappa shape index (κ3) is 4.36. The van der Waals surface area contributed by atoms with Gasteiger partial charge >= 0.3 is 0 Å². The molecule has 0 radical (unpaired) electrons. The number of thiazole rings is 1. The standard InChI is InChI=1S/C30H28N4O3S/c1-17-4-6-20(7-5-17)29-33-26(16-38-29)21-8-9-24-22(14-21)23(28(35)32-24)15-25-18(2)27(19(3)31-25)30(36)34-10-12-37-13-11-34/h4-9,14-16,31H,10-13H2,1-3H3,(H,32,35). The van der Waals surface area contributed by atoms with Gasteiger partial charge in [-0.3, -0.25) is 9.59 Å². The van der Waals surface area contributed by atoms with Gasteiger partial charge in [-0.2, -0.15) is 0 Å². The minimum Gasteiger partial charge on any atom is -0.378 e. The van der Waals surface area contributed by atoms with E-state index in [0.717, 1.165) is 50.0 Å². The lowest BCUT2D eigenvalue weighted by Crippen LogP contribution is -2.41. The van der Waals surface area contributed by atoms with Crippen LogP contribution in [-0.4, -0.2) is 53.0 Å². The highest BCUT2D eigenvalue weighted by atomic mass is 32.1. The summed E-state index contributed by atoms with van der Waals surface area (Å²) in [6.07, 6.45) is 1.85. The molecule has 6 rings (SSSR count). The lowest BCUT2D eigenvalue weighted by molar-refractivity contribution is -0.110. The summed E-state index contributed by atoms with van der Waals surface area (Å²) in [5.41, 5.74) is 9.34. The highest BCUT2D eigenvalue weighted by Gasteiger charge is 2.28. The molecular weight excluding hydrogens is 496 g/mol. The van der Waals surface area contributed by atoms with Gasteiger partial charge < -0.3 is 19.9 Å². The lowest BCUT2D eigenvalue weighted by Gasteiger charge is -2.27. The van der Waals surface area contributed by atoms with Crippen LogP contribution in [-0.2, 0) is 9.53 Å². The third-order valence-electron chi connectivity index (χ3n) is 7.18. The summed E-state index contributed by atoms with van der Waals surface area (Å²) >= 11 is 1.60. The van der Waals surface area contributed by atoms with Crippen LogP contribution in [0.3, 0.4) is 0 Å². The molecule has 8 heteroatoms. The Kier molecular flexibility index (Phi) is 6.21. The Bertz CT molecular complexity index is 1590. The summed E-state index contributed by atoms with van der Waals surface area (Å²) in [6.45, 7) is 8.17. The molecule has 0 saturated carbocycles. The third-order valence-corrected chi connectivity index (χ3v) is 8.07.